The molecule has 0 saturated carbocycles. The smallest absolute Gasteiger partial charge is 0.184 e. The van der Waals surface area contributed by atoms with Crippen LogP contribution in [0.4, 0.5) is 5.13 Å². The molecule has 0 fully saturated rings. The highest BCUT2D eigenvalue weighted by molar-refractivity contribution is 7.14. The van der Waals surface area contributed by atoms with E-state index < -0.39 is 0 Å². The summed E-state index contributed by atoms with van der Waals surface area (Å²) in [6, 6.07) is 0. The van der Waals surface area contributed by atoms with E-state index in [1.165, 1.54) is 17.7 Å². The number of aromatic nitrogens is 4. The van der Waals surface area contributed by atoms with Crippen molar-refractivity contribution >= 4 is 28.1 Å². The van der Waals surface area contributed by atoms with Crippen molar-refractivity contribution in [2.75, 3.05) is 11.9 Å². The second kappa shape index (κ2) is 4.39. The number of rotatable bonds is 4. The van der Waals surface area contributed by atoms with Crippen LogP contribution < -0.4 is 5.32 Å². The van der Waals surface area contributed by atoms with Crippen molar-refractivity contribution in [2.24, 2.45) is 0 Å². The van der Waals surface area contributed by atoms with E-state index in [0.29, 0.717) is 5.15 Å². The highest BCUT2D eigenvalue weighted by atomic mass is 35.5. The molecule has 0 spiro atoms. The van der Waals surface area contributed by atoms with Crippen LogP contribution >= 0.6 is 22.9 Å². The highest BCUT2D eigenvalue weighted by Crippen LogP contribution is 2.18. The van der Waals surface area contributed by atoms with Gasteiger partial charge in [-0.15, -0.1) is 11.3 Å². The Balaban J connectivity index is 1.78. The van der Waals surface area contributed by atoms with Crippen molar-refractivity contribution in [3.63, 3.8) is 0 Å². The molecule has 0 aliphatic heterocycles. The van der Waals surface area contributed by atoms with E-state index >= 15 is 0 Å². The molecule has 0 aliphatic carbocycles. The summed E-state index contributed by atoms with van der Waals surface area (Å²) < 4.78 is 0. The Labute approximate surface area is 89.5 Å². The minimum atomic E-state index is 0.525. The molecule has 2 aromatic heterocycles. The van der Waals surface area contributed by atoms with Gasteiger partial charge in [-0.05, 0) is 0 Å². The van der Waals surface area contributed by atoms with Crippen molar-refractivity contribution in [3.05, 3.63) is 22.7 Å². The minimum Gasteiger partial charge on any atom is -0.361 e. The third-order valence-electron chi connectivity index (χ3n) is 1.58. The average Bonchev–Trinajstić information content (AvgIpc) is 2.77. The summed E-state index contributed by atoms with van der Waals surface area (Å²) in [5.41, 5.74) is 0. The van der Waals surface area contributed by atoms with Gasteiger partial charge in [-0.1, -0.05) is 11.6 Å². The Morgan fingerprint density at radius 3 is 3.14 bits per heavy atom. The van der Waals surface area contributed by atoms with Crippen molar-refractivity contribution in [1.82, 2.24) is 20.2 Å². The Kier molecular flexibility index (Phi) is 2.95. The lowest BCUT2D eigenvalue weighted by Gasteiger charge is -1.98. The third-order valence-corrected chi connectivity index (χ3v) is 2.70. The number of H-pyrrole nitrogens is 1. The summed E-state index contributed by atoms with van der Waals surface area (Å²) in [6.07, 6.45) is 2.28. The topological polar surface area (TPSA) is 66.5 Å². The largest absolute Gasteiger partial charge is 0.361 e. The average molecular weight is 230 g/mol. The lowest BCUT2D eigenvalue weighted by Crippen LogP contribution is -2.05. The predicted molar refractivity (Wildman–Crippen MR) is 55.7 cm³/mol. The number of thiazole rings is 1. The number of hydrogen-bond donors (Lipinski definition) is 2. The van der Waals surface area contributed by atoms with Gasteiger partial charge >= 0.3 is 0 Å². The summed E-state index contributed by atoms with van der Waals surface area (Å²) in [7, 11) is 0. The number of hydrogen-bond acceptors (Lipinski definition) is 5. The maximum atomic E-state index is 5.67. The van der Waals surface area contributed by atoms with Crippen LogP contribution in [0.1, 0.15) is 5.82 Å². The lowest BCUT2D eigenvalue weighted by molar-refractivity contribution is 0.900. The Bertz CT molecular complexity index is 384. The number of nitrogens with one attached hydrogen (secondary N) is 2. The zero-order valence-electron chi connectivity index (χ0n) is 7.20. The fraction of sp³-hybridized carbons (Fsp3) is 0.286. The molecule has 0 atom stereocenters. The summed E-state index contributed by atoms with van der Waals surface area (Å²) in [4.78, 5) is 8.06. The Hall–Kier alpha value is -1.14. The second-order valence-corrected chi connectivity index (χ2v) is 3.83. The van der Waals surface area contributed by atoms with Gasteiger partial charge in [0, 0.05) is 18.3 Å². The molecule has 2 aromatic rings. The number of halogens is 1. The van der Waals surface area contributed by atoms with Gasteiger partial charge < -0.3 is 5.32 Å². The molecule has 74 valence electrons. The molecular weight excluding hydrogens is 222 g/mol. The fourth-order valence-corrected chi connectivity index (χ4v) is 1.84. The van der Waals surface area contributed by atoms with Crippen LogP contribution in [-0.4, -0.2) is 26.7 Å². The van der Waals surface area contributed by atoms with Gasteiger partial charge in [-0.25, -0.2) is 9.97 Å². The molecule has 0 aromatic carbocycles. The molecule has 0 saturated heterocycles. The molecule has 5 nitrogen and oxygen atoms in total. The van der Waals surface area contributed by atoms with E-state index in [4.69, 9.17) is 11.6 Å². The molecule has 7 heteroatoms. The van der Waals surface area contributed by atoms with Crippen molar-refractivity contribution in [3.8, 4) is 0 Å². The maximum Gasteiger partial charge on any atom is 0.184 e. The maximum absolute atomic E-state index is 5.67. The number of anilines is 1. The van der Waals surface area contributed by atoms with E-state index in [1.54, 1.807) is 5.38 Å². The van der Waals surface area contributed by atoms with Crippen LogP contribution in [0.25, 0.3) is 0 Å². The summed E-state index contributed by atoms with van der Waals surface area (Å²) in [5.74, 6) is 0.861. The second-order valence-electron chi connectivity index (χ2n) is 2.58. The number of aromatic amines is 1. The van der Waals surface area contributed by atoms with Crippen molar-refractivity contribution < 1.29 is 0 Å². The van der Waals surface area contributed by atoms with Crippen molar-refractivity contribution in [1.29, 1.82) is 0 Å². The molecule has 0 radical (unpaired) electrons. The summed E-state index contributed by atoms with van der Waals surface area (Å²) in [5, 5.41) is 12.8. The molecular formula is C7H8ClN5S. The standard InChI is InChI=1S/C7H8ClN5S/c8-5-3-14-7(12-5)9-2-1-6-10-4-11-13-6/h3-4H,1-2H2,(H,9,12)(H,10,11,13). The fourth-order valence-electron chi connectivity index (χ4n) is 0.974. The zero-order valence-corrected chi connectivity index (χ0v) is 8.77. The normalized spacial score (nSPS) is 10.4. The van der Waals surface area contributed by atoms with Gasteiger partial charge in [0.25, 0.3) is 0 Å². The van der Waals surface area contributed by atoms with Gasteiger partial charge in [0.2, 0.25) is 0 Å². The van der Waals surface area contributed by atoms with E-state index in [1.807, 2.05) is 0 Å². The van der Waals surface area contributed by atoms with Crippen LogP contribution in [0, 0.1) is 0 Å². The Morgan fingerprint density at radius 1 is 1.57 bits per heavy atom. The predicted octanol–water partition coefficient (Wildman–Crippen LogP) is 1.57. The van der Waals surface area contributed by atoms with E-state index in [2.05, 4.69) is 25.5 Å². The first-order valence-electron chi connectivity index (χ1n) is 4.04. The van der Waals surface area contributed by atoms with Crippen LogP contribution in [-0.2, 0) is 6.42 Å². The molecule has 0 bridgehead atoms. The molecule has 0 unspecified atom stereocenters. The molecule has 2 rings (SSSR count). The summed E-state index contributed by atoms with van der Waals surface area (Å²) in [6.45, 7) is 0.763. The lowest BCUT2D eigenvalue weighted by atomic mass is 10.4. The number of nitrogens with zero attached hydrogens (tertiary/aromatic N) is 3. The van der Waals surface area contributed by atoms with E-state index in [9.17, 15) is 0 Å². The first kappa shape index (κ1) is 9.42. The van der Waals surface area contributed by atoms with Gasteiger partial charge in [0.15, 0.2) is 5.13 Å². The molecule has 14 heavy (non-hydrogen) atoms. The van der Waals surface area contributed by atoms with Crippen molar-refractivity contribution in [2.45, 2.75) is 6.42 Å². The molecule has 0 aliphatic rings. The van der Waals surface area contributed by atoms with Crippen LogP contribution in [0.2, 0.25) is 5.15 Å². The Morgan fingerprint density at radius 2 is 2.50 bits per heavy atom. The van der Waals surface area contributed by atoms with Gasteiger partial charge in [-0.2, -0.15) is 5.10 Å². The van der Waals surface area contributed by atoms with E-state index in [0.717, 1.165) is 23.9 Å². The monoisotopic (exact) mass is 229 g/mol. The highest BCUT2D eigenvalue weighted by Gasteiger charge is 1.99. The SMILES string of the molecule is Clc1csc(NCCc2ncn[nH]2)n1. The summed E-state index contributed by atoms with van der Waals surface area (Å²) >= 11 is 7.16. The van der Waals surface area contributed by atoms with Gasteiger partial charge in [0.05, 0.1) is 0 Å². The van der Waals surface area contributed by atoms with E-state index in [-0.39, 0.29) is 0 Å². The minimum absolute atomic E-state index is 0.525. The quantitative estimate of drug-likeness (QED) is 0.835. The first-order chi connectivity index (χ1) is 6.84. The van der Waals surface area contributed by atoms with Gasteiger partial charge in [-0.3, -0.25) is 5.10 Å². The van der Waals surface area contributed by atoms with Crippen LogP contribution in [0.15, 0.2) is 11.7 Å². The van der Waals surface area contributed by atoms with Crippen LogP contribution in [0.5, 0.6) is 0 Å². The molecule has 0 amide bonds. The zero-order chi connectivity index (χ0) is 9.80. The molecule has 2 heterocycles. The van der Waals surface area contributed by atoms with Crippen LogP contribution in [0.3, 0.4) is 0 Å². The van der Waals surface area contributed by atoms with Gasteiger partial charge in [0.1, 0.15) is 17.3 Å². The third kappa shape index (κ3) is 2.43. The molecule has 2 N–H and O–H groups in total. The first-order valence-corrected chi connectivity index (χ1v) is 5.29.